The van der Waals surface area contributed by atoms with Gasteiger partial charge in [-0.2, -0.15) is 5.26 Å². The third-order valence-electron chi connectivity index (χ3n) is 5.14. The zero-order valence-corrected chi connectivity index (χ0v) is 16.4. The highest BCUT2D eigenvalue weighted by Gasteiger charge is 2.30. The van der Waals surface area contributed by atoms with Crippen molar-refractivity contribution in [3.05, 3.63) is 30.1 Å². The van der Waals surface area contributed by atoms with E-state index in [2.05, 4.69) is 22.8 Å². The Morgan fingerprint density at radius 2 is 1.81 bits per heavy atom. The fourth-order valence-electron chi connectivity index (χ4n) is 3.44. The first-order chi connectivity index (χ1) is 13.0. The van der Waals surface area contributed by atoms with Gasteiger partial charge in [-0.25, -0.2) is 4.39 Å². The van der Waals surface area contributed by atoms with Crippen molar-refractivity contribution in [1.29, 1.82) is 5.26 Å². The number of halogens is 1. The van der Waals surface area contributed by atoms with Crippen molar-refractivity contribution < 1.29 is 13.9 Å². The first-order valence-corrected chi connectivity index (χ1v) is 9.38. The predicted molar refractivity (Wildman–Crippen MR) is 103 cm³/mol. The Morgan fingerprint density at radius 1 is 1.22 bits per heavy atom. The zero-order chi connectivity index (χ0) is 19.8. The molecule has 27 heavy (non-hydrogen) atoms. The molecule has 6 nitrogen and oxygen atoms in total. The van der Waals surface area contributed by atoms with E-state index in [1.165, 1.54) is 12.1 Å². The standard InChI is InChI=1S/C20H29FN4O2/c1-16(15-27-3)23-11-13-24(14-12-23)17(2)20(26)25(10-4-9-22)19-7-5-18(21)6-8-19/h5-8,16-17H,4,10-15H2,1-3H3/t16-,17-/m1/s1. The van der Waals surface area contributed by atoms with Gasteiger partial charge in [-0.15, -0.1) is 0 Å². The van der Waals surface area contributed by atoms with Gasteiger partial charge in [-0.1, -0.05) is 0 Å². The molecule has 1 heterocycles. The molecular formula is C20H29FN4O2. The number of hydrogen-bond acceptors (Lipinski definition) is 5. The van der Waals surface area contributed by atoms with E-state index in [9.17, 15) is 9.18 Å². The predicted octanol–water partition coefficient (Wildman–Crippen LogP) is 2.11. The van der Waals surface area contributed by atoms with Crippen LogP contribution in [0.2, 0.25) is 0 Å². The molecule has 0 saturated carbocycles. The van der Waals surface area contributed by atoms with Crippen molar-refractivity contribution in [2.24, 2.45) is 0 Å². The second kappa shape index (κ2) is 10.4. The number of rotatable bonds is 8. The van der Waals surface area contributed by atoms with Gasteiger partial charge in [0.2, 0.25) is 5.91 Å². The molecule has 0 bridgehead atoms. The van der Waals surface area contributed by atoms with Crippen molar-refractivity contribution in [2.45, 2.75) is 32.4 Å². The van der Waals surface area contributed by atoms with Crippen LogP contribution in [0.5, 0.6) is 0 Å². The molecule has 0 N–H and O–H groups in total. The maximum Gasteiger partial charge on any atom is 0.244 e. The number of methoxy groups -OCH3 is 1. The Hall–Kier alpha value is -2.01. The highest BCUT2D eigenvalue weighted by Crippen LogP contribution is 2.19. The van der Waals surface area contributed by atoms with Gasteiger partial charge in [0.15, 0.2) is 0 Å². The van der Waals surface area contributed by atoms with Crippen molar-refractivity contribution in [3.8, 4) is 6.07 Å². The summed E-state index contributed by atoms with van der Waals surface area (Å²) in [5, 5.41) is 8.93. The van der Waals surface area contributed by atoms with Gasteiger partial charge >= 0.3 is 0 Å². The summed E-state index contributed by atoms with van der Waals surface area (Å²) in [6.07, 6.45) is 0.234. The number of piperazine rings is 1. The molecule has 2 rings (SSSR count). The molecule has 1 saturated heterocycles. The SMILES string of the molecule is COC[C@@H](C)N1CCN([C@H](C)C(=O)N(CCC#N)c2ccc(F)cc2)CC1. The van der Waals surface area contributed by atoms with Crippen molar-refractivity contribution in [3.63, 3.8) is 0 Å². The normalized spacial score (nSPS) is 17.9. The molecule has 0 aliphatic carbocycles. The number of hydrogen-bond donors (Lipinski definition) is 0. The lowest BCUT2D eigenvalue weighted by molar-refractivity contribution is -0.124. The second-order valence-electron chi connectivity index (χ2n) is 6.93. The summed E-state index contributed by atoms with van der Waals surface area (Å²) in [6, 6.07) is 7.98. The van der Waals surface area contributed by atoms with Crippen LogP contribution in [0.25, 0.3) is 0 Å². The molecule has 1 aromatic rings. The first kappa shape index (κ1) is 21.3. The third kappa shape index (κ3) is 5.73. The van der Waals surface area contributed by atoms with E-state index >= 15 is 0 Å². The summed E-state index contributed by atoms with van der Waals surface area (Å²) >= 11 is 0. The summed E-state index contributed by atoms with van der Waals surface area (Å²) < 4.78 is 18.5. The summed E-state index contributed by atoms with van der Waals surface area (Å²) in [7, 11) is 1.71. The fraction of sp³-hybridized carbons (Fsp3) is 0.600. The Labute approximate surface area is 161 Å². The van der Waals surface area contributed by atoms with Crippen LogP contribution in [0.3, 0.4) is 0 Å². The van der Waals surface area contributed by atoms with E-state index in [1.807, 2.05) is 6.92 Å². The minimum absolute atomic E-state index is 0.0600. The van der Waals surface area contributed by atoms with Gasteiger partial charge in [0.05, 0.1) is 25.1 Å². The minimum atomic E-state index is -0.346. The van der Waals surface area contributed by atoms with Crippen LogP contribution in [0.1, 0.15) is 20.3 Å². The molecule has 0 aromatic heterocycles. The molecule has 7 heteroatoms. The number of amides is 1. The first-order valence-electron chi connectivity index (χ1n) is 9.38. The van der Waals surface area contributed by atoms with Crippen LogP contribution in [0.4, 0.5) is 10.1 Å². The number of ether oxygens (including phenoxy) is 1. The van der Waals surface area contributed by atoms with Crippen molar-refractivity contribution >= 4 is 11.6 Å². The monoisotopic (exact) mass is 376 g/mol. The molecule has 1 aromatic carbocycles. The number of carbonyl (C=O) groups excluding carboxylic acids is 1. The Bertz CT molecular complexity index is 638. The molecule has 1 amide bonds. The number of nitriles is 1. The van der Waals surface area contributed by atoms with E-state index in [-0.39, 0.29) is 24.2 Å². The lowest BCUT2D eigenvalue weighted by Crippen LogP contribution is -2.56. The van der Waals surface area contributed by atoms with E-state index in [4.69, 9.17) is 10.00 Å². The summed E-state index contributed by atoms with van der Waals surface area (Å²) in [4.78, 5) is 19.2. The van der Waals surface area contributed by atoms with Gasteiger partial charge in [0.25, 0.3) is 0 Å². The maximum absolute atomic E-state index is 13.2. The van der Waals surface area contributed by atoms with E-state index in [0.717, 1.165) is 26.2 Å². The molecule has 0 unspecified atom stereocenters. The Morgan fingerprint density at radius 3 is 2.37 bits per heavy atom. The van der Waals surface area contributed by atoms with Crippen LogP contribution in [-0.4, -0.2) is 74.2 Å². The Balaban J connectivity index is 2.02. The fourth-order valence-corrected chi connectivity index (χ4v) is 3.44. The lowest BCUT2D eigenvalue weighted by atomic mass is 10.1. The quantitative estimate of drug-likeness (QED) is 0.696. The molecular weight excluding hydrogens is 347 g/mol. The van der Waals surface area contributed by atoms with Crippen LogP contribution >= 0.6 is 0 Å². The van der Waals surface area contributed by atoms with E-state index in [0.29, 0.717) is 24.9 Å². The average molecular weight is 376 g/mol. The molecule has 1 fully saturated rings. The van der Waals surface area contributed by atoms with E-state index < -0.39 is 0 Å². The van der Waals surface area contributed by atoms with E-state index in [1.54, 1.807) is 24.1 Å². The van der Waals surface area contributed by atoms with Crippen molar-refractivity contribution in [1.82, 2.24) is 9.80 Å². The van der Waals surface area contributed by atoms with Crippen molar-refractivity contribution in [2.75, 3.05) is 51.3 Å². The maximum atomic E-state index is 13.2. The van der Waals surface area contributed by atoms with Crippen LogP contribution in [0.15, 0.2) is 24.3 Å². The number of benzene rings is 1. The van der Waals surface area contributed by atoms with Gasteiger partial charge in [0.1, 0.15) is 5.82 Å². The van der Waals surface area contributed by atoms with Crippen LogP contribution < -0.4 is 4.90 Å². The highest BCUT2D eigenvalue weighted by atomic mass is 19.1. The smallest absolute Gasteiger partial charge is 0.244 e. The summed E-state index contributed by atoms with van der Waals surface area (Å²) in [6.45, 7) is 8.42. The molecule has 1 aliphatic rings. The van der Waals surface area contributed by atoms with Gasteiger partial charge in [-0.05, 0) is 38.1 Å². The largest absolute Gasteiger partial charge is 0.383 e. The Kier molecular flexibility index (Phi) is 8.17. The average Bonchev–Trinajstić information content (AvgIpc) is 2.69. The summed E-state index contributed by atoms with van der Waals surface area (Å²) in [5.41, 5.74) is 0.621. The number of anilines is 1. The van der Waals surface area contributed by atoms with Crippen LogP contribution in [0, 0.1) is 17.1 Å². The zero-order valence-electron chi connectivity index (χ0n) is 16.4. The third-order valence-corrected chi connectivity index (χ3v) is 5.14. The van der Waals surface area contributed by atoms with Gasteiger partial charge in [0, 0.05) is 51.6 Å². The molecule has 2 atom stereocenters. The van der Waals surface area contributed by atoms with Crippen LogP contribution in [-0.2, 0) is 9.53 Å². The number of nitrogens with zero attached hydrogens (tertiary/aromatic N) is 4. The summed E-state index contributed by atoms with van der Waals surface area (Å²) in [5.74, 6) is -0.406. The molecule has 148 valence electrons. The second-order valence-corrected chi connectivity index (χ2v) is 6.93. The lowest BCUT2D eigenvalue weighted by Gasteiger charge is -2.41. The molecule has 1 aliphatic heterocycles. The number of carbonyl (C=O) groups is 1. The van der Waals surface area contributed by atoms with Gasteiger partial charge in [-0.3, -0.25) is 14.6 Å². The molecule has 0 radical (unpaired) electrons. The topological polar surface area (TPSA) is 59.8 Å². The van der Waals surface area contributed by atoms with Gasteiger partial charge < -0.3 is 9.64 Å². The highest BCUT2D eigenvalue weighted by molar-refractivity contribution is 5.97. The minimum Gasteiger partial charge on any atom is -0.383 e. The molecule has 0 spiro atoms.